The maximum atomic E-state index is 12.4. The summed E-state index contributed by atoms with van der Waals surface area (Å²) in [6.07, 6.45) is 2.80. The summed E-state index contributed by atoms with van der Waals surface area (Å²) < 4.78 is 0. The van der Waals surface area contributed by atoms with Crippen molar-refractivity contribution in [2.75, 3.05) is 13.1 Å². The Balaban J connectivity index is 1.60. The number of rotatable bonds is 3. The number of fused-ring (bicyclic) bond motifs is 1. The number of amides is 2. The number of carbonyl (C=O) groups is 2. The molecule has 1 heterocycles. The number of aliphatic hydroxyl groups is 1. The van der Waals surface area contributed by atoms with Crippen LogP contribution < -0.4 is 5.32 Å². The SMILES string of the molecule is CC1(NC(=O)CN2CCCCC(O)C2=O)Cc2ccccc2C1. The zero-order valence-electron chi connectivity index (χ0n) is 13.5. The van der Waals surface area contributed by atoms with Gasteiger partial charge in [0, 0.05) is 12.1 Å². The van der Waals surface area contributed by atoms with Gasteiger partial charge in [-0.1, -0.05) is 24.3 Å². The van der Waals surface area contributed by atoms with Crippen molar-refractivity contribution in [2.45, 2.75) is 50.7 Å². The summed E-state index contributed by atoms with van der Waals surface area (Å²) in [6, 6.07) is 8.23. The van der Waals surface area contributed by atoms with Crippen molar-refractivity contribution in [1.82, 2.24) is 10.2 Å². The highest BCUT2D eigenvalue weighted by atomic mass is 16.3. The van der Waals surface area contributed by atoms with E-state index >= 15 is 0 Å². The molecule has 1 unspecified atom stereocenters. The Morgan fingerprint density at radius 1 is 1.30 bits per heavy atom. The van der Waals surface area contributed by atoms with Crippen molar-refractivity contribution in [3.63, 3.8) is 0 Å². The molecule has 1 saturated heterocycles. The molecule has 5 heteroatoms. The summed E-state index contributed by atoms with van der Waals surface area (Å²) >= 11 is 0. The maximum Gasteiger partial charge on any atom is 0.251 e. The predicted molar refractivity (Wildman–Crippen MR) is 86.8 cm³/mol. The number of nitrogens with zero attached hydrogens (tertiary/aromatic N) is 1. The molecular formula is C18H24N2O3. The third-order valence-electron chi connectivity index (χ3n) is 4.81. The van der Waals surface area contributed by atoms with Crippen LogP contribution in [0.15, 0.2) is 24.3 Å². The van der Waals surface area contributed by atoms with Crippen LogP contribution in [0.5, 0.6) is 0 Å². The molecule has 1 aromatic carbocycles. The molecule has 1 aromatic rings. The lowest BCUT2D eigenvalue weighted by atomic mass is 9.98. The first-order valence-electron chi connectivity index (χ1n) is 8.31. The summed E-state index contributed by atoms with van der Waals surface area (Å²) in [5.74, 6) is -0.472. The summed E-state index contributed by atoms with van der Waals surface area (Å²) in [4.78, 5) is 26.0. The van der Waals surface area contributed by atoms with Gasteiger partial charge in [0.05, 0.1) is 6.54 Å². The normalized spacial score (nSPS) is 23.3. The predicted octanol–water partition coefficient (Wildman–Crippen LogP) is 1.03. The van der Waals surface area contributed by atoms with Crippen LogP contribution in [0.4, 0.5) is 0 Å². The topological polar surface area (TPSA) is 69.6 Å². The minimum atomic E-state index is -0.961. The highest BCUT2D eigenvalue weighted by Crippen LogP contribution is 2.29. The zero-order chi connectivity index (χ0) is 16.4. The van der Waals surface area contributed by atoms with E-state index in [4.69, 9.17) is 0 Å². The fraction of sp³-hybridized carbons (Fsp3) is 0.556. The first-order valence-corrected chi connectivity index (χ1v) is 8.31. The number of benzene rings is 1. The molecule has 0 saturated carbocycles. The molecular weight excluding hydrogens is 292 g/mol. The van der Waals surface area contributed by atoms with Crippen LogP contribution >= 0.6 is 0 Å². The van der Waals surface area contributed by atoms with Crippen molar-refractivity contribution >= 4 is 11.8 Å². The lowest BCUT2D eigenvalue weighted by Gasteiger charge is -2.28. The molecule has 1 atom stereocenters. The number of nitrogens with one attached hydrogen (secondary N) is 1. The molecule has 1 fully saturated rings. The molecule has 23 heavy (non-hydrogen) atoms. The van der Waals surface area contributed by atoms with E-state index < -0.39 is 6.10 Å². The second kappa shape index (κ2) is 6.32. The van der Waals surface area contributed by atoms with E-state index in [9.17, 15) is 14.7 Å². The van der Waals surface area contributed by atoms with E-state index in [1.54, 1.807) is 0 Å². The van der Waals surface area contributed by atoms with Gasteiger partial charge in [-0.25, -0.2) is 0 Å². The minimum Gasteiger partial charge on any atom is -0.383 e. The molecule has 2 amide bonds. The Labute approximate surface area is 136 Å². The summed E-state index contributed by atoms with van der Waals surface area (Å²) in [5.41, 5.74) is 2.25. The monoisotopic (exact) mass is 316 g/mol. The molecule has 2 aliphatic rings. The molecule has 1 aliphatic carbocycles. The van der Waals surface area contributed by atoms with Gasteiger partial charge < -0.3 is 15.3 Å². The van der Waals surface area contributed by atoms with E-state index in [1.807, 2.05) is 19.1 Å². The minimum absolute atomic E-state index is 0.0296. The van der Waals surface area contributed by atoms with Crippen molar-refractivity contribution in [2.24, 2.45) is 0 Å². The quantitative estimate of drug-likeness (QED) is 0.875. The third kappa shape index (κ3) is 3.55. The molecule has 5 nitrogen and oxygen atoms in total. The third-order valence-corrected chi connectivity index (χ3v) is 4.81. The lowest BCUT2D eigenvalue weighted by molar-refractivity contribution is -0.142. The van der Waals surface area contributed by atoms with Crippen molar-refractivity contribution in [3.05, 3.63) is 35.4 Å². The average molecular weight is 316 g/mol. The lowest BCUT2D eigenvalue weighted by Crippen LogP contribution is -2.52. The van der Waals surface area contributed by atoms with Crippen molar-refractivity contribution in [1.29, 1.82) is 0 Å². The Kier molecular flexibility index (Phi) is 4.39. The van der Waals surface area contributed by atoms with Crippen LogP contribution in [-0.4, -0.2) is 46.6 Å². The molecule has 0 aromatic heterocycles. The van der Waals surface area contributed by atoms with Gasteiger partial charge in [0.15, 0.2) is 0 Å². The number of carbonyl (C=O) groups excluding carboxylic acids is 2. The van der Waals surface area contributed by atoms with Gasteiger partial charge in [-0.15, -0.1) is 0 Å². The molecule has 124 valence electrons. The second-order valence-corrected chi connectivity index (χ2v) is 7.00. The highest BCUT2D eigenvalue weighted by Gasteiger charge is 2.35. The maximum absolute atomic E-state index is 12.4. The Hall–Kier alpha value is -1.88. The van der Waals surface area contributed by atoms with Crippen LogP contribution in [0.25, 0.3) is 0 Å². The Bertz CT molecular complexity index is 589. The first-order chi connectivity index (χ1) is 11.0. The van der Waals surface area contributed by atoms with Crippen LogP contribution in [0.2, 0.25) is 0 Å². The van der Waals surface area contributed by atoms with Gasteiger partial charge in [0.25, 0.3) is 5.91 Å². The highest BCUT2D eigenvalue weighted by molar-refractivity contribution is 5.87. The van der Waals surface area contributed by atoms with Gasteiger partial charge in [0.2, 0.25) is 5.91 Å². The molecule has 0 bridgehead atoms. The fourth-order valence-corrected chi connectivity index (χ4v) is 3.69. The number of hydrogen-bond acceptors (Lipinski definition) is 3. The van der Waals surface area contributed by atoms with Gasteiger partial charge in [-0.05, 0) is 50.2 Å². The van der Waals surface area contributed by atoms with Gasteiger partial charge in [-0.3, -0.25) is 9.59 Å². The van der Waals surface area contributed by atoms with E-state index in [0.717, 1.165) is 25.7 Å². The number of hydrogen-bond donors (Lipinski definition) is 2. The van der Waals surface area contributed by atoms with Crippen molar-refractivity contribution in [3.8, 4) is 0 Å². The summed E-state index contributed by atoms with van der Waals surface area (Å²) in [7, 11) is 0. The smallest absolute Gasteiger partial charge is 0.251 e. The molecule has 1 aliphatic heterocycles. The van der Waals surface area contributed by atoms with Gasteiger partial charge in [-0.2, -0.15) is 0 Å². The molecule has 0 radical (unpaired) electrons. The molecule has 0 spiro atoms. The van der Waals surface area contributed by atoms with Gasteiger partial charge >= 0.3 is 0 Å². The molecule has 2 N–H and O–H groups in total. The van der Waals surface area contributed by atoms with E-state index in [-0.39, 0.29) is 23.9 Å². The number of likely N-dealkylation sites (tertiary alicyclic amines) is 1. The van der Waals surface area contributed by atoms with E-state index in [0.29, 0.717) is 13.0 Å². The molecule has 3 rings (SSSR count). The average Bonchev–Trinajstić information content (AvgIpc) is 2.76. The van der Waals surface area contributed by atoms with Crippen LogP contribution in [-0.2, 0) is 22.4 Å². The zero-order valence-corrected chi connectivity index (χ0v) is 13.5. The standard InChI is InChI=1S/C18H24N2O3/c1-18(10-13-6-2-3-7-14(13)11-18)19-16(22)12-20-9-5-4-8-15(21)17(20)23/h2-3,6-7,15,21H,4-5,8-12H2,1H3,(H,19,22). The van der Waals surface area contributed by atoms with E-state index in [1.165, 1.54) is 16.0 Å². The van der Waals surface area contributed by atoms with Crippen LogP contribution in [0, 0.1) is 0 Å². The van der Waals surface area contributed by atoms with E-state index in [2.05, 4.69) is 17.4 Å². The summed E-state index contributed by atoms with van der Waals surface area (Å²) in [5, 5.41) is 12.9. The van der Waals surface area contributed by atoms with Crippen LogP contribution in [0.3, 0.4) is 0 Å². The van der Waals surface area contributed by atoms with Crippen molar-refractivity contribution < 1.29 is 14.7 Å². The van der Waals surface area contributed by atoms with Gasteiger partial charge in [0.1, 0.15) is 6.10 Å². The van der Waals surface area contributed by atoms with Crippen LogP contribution in [0.1, 0.15) is 37.3 Å². The first kappa shape index (κ1) is 16.0. The Morgan fingerprint density at radius 2 is 1.96 bits per heavy atom. The number of aliphatic hydroxyl groups excluding tert-OH is 1. The Morgan fingerprint density at radius 3 is 2.61 bits per heavy atom. The summed E-state index contributed by atoms with van der Waals surface area (Å²) in [6.45, 7) is 2.62. The fourth-order valence-electron chi connectivity index (χ4n) is 3.69. The largest absolute Gasteiger partial charge is 0.383 e. The second-order valence-electron chi connectivity index (χ2n) is 7.00.